The van der Waals surface area contributed by atoms with Gasteiger partial charge in [-0.2, -0.15) is 0 Å². The van der Waals surface area contributed by atoms with E-state index in [1.54, 1.807) is 12.1 Å². The first-order chi connectivity index (χ1) is 17.8. The molecule has 2 bridgehead atoms. The second-order valence-electron chi connectivity index (χ2n) is 11.4. The maximum atomic E-state index is 13.3. The van der Waals surface area contributed by atoms with Crippen LogP contribution in [0.5, 0.6) is 5.75 Å². The van der Waals surface area contributed by atoms with Gasteiger partial charge in [-0.15, -0.1) is 0 Å². The Morgan fingerprint density at radius 3 is 2.78 bits per heavy atom. The lowest BCUT2D eigenvalue weighted by Gasteiger charge is -2.58. The number of aliphatic hydroxyl groups excluding tert-OH is 1. The third kappa shape index (κ3) is 3.33. The van der Waals surface area contributed by atoms with Gasteiger partial charge in [0.1, 0.15) is 11.3 Å². The van der Waals surface area contributed by atoms with Crippen molar-refractivity contribution in [1.82, 2.24) is 15.2 Å². The van der Waals surface area contributed by atoms with Gasteiger partial charge in [0.2, 0.25) is 0 Å². The van der Waals surface area contributed by atoms with Crippen LogP contribution in [0, 0.1) is 5.92 Å². The van der Waals surface area contributed by atoms with Crippen molar-refractivity contribution in [3.05, 3.63) is 98.0 Å². The van der Waals surface area contributed by atoms with Crippen LogP contribution in [0.1, 0.15) is 56.3 Å². The molecule has 0 saturated carbocycles. The van der Waals surface area contributed by atoms with Gasteiger partial charge in [0.25, 0.3) is 11.5 Å². The zero-order valence-electron chi connectivity index (χ0n) is 20.8. The molecule has 7 heteroatoms. The Labute approximate surface area is 215 Å². The maximum Gasteiger partial charge on any atom is 0.261 e. The molecule has 37 heavy (non-hydrogen) atoms. The number of rotatable bonds is 2. The molecule has 1 saturated heterocycles. The van der Waals surface area contributed by atoms with Crippen LogP contribution in [0.15, 0.2) is 53.3 Å². The fourth-order valence-electron chi connectivity index (χ4n) is 7.75. The third-order valence-electron chi connectivity index (χ3n) is 9.59. The highest BCUT2D eigenvalue weighted by atomic mass is 16.3. The number of aromatic amines is 1. The molecule has 4 aliphatic rings. The fourth-order valence-corrected chi connectivity index (χ4v) is 7.75. The SMILES string of the molecule is CN1CC[C@]23Cc4[nH]c(=O)c(C(=O)N[C@@H]5c6ccccc6C[C@@H]5O)cc4C[C@H]2[C@H]1Cc1ccc(O)cc13. The van der Waals surface area contributed by atoms with Crippen molar-refractivity contribution in [2.45, 2.75) is 55.7 Å². The number of aliphatic hydroxyl groups is 1. The summed E-state index contributed by atoms with van der Waals surface area (Å²) in [5.41, 5.74) is 5.88. The molecule has 1 amide bonds. The standard InChI is InChI=1S/C30H31N3O4/c1-33-9-8-30-15-24-18(11-23(30)25(33)12-17-6-7-19(34)14-22(17)30)10-21(28(36)31-24)29(37)32-27-20-5-3-2-4-16(20)13-26(27)35/h2-7,10,14,23,25-27,34-35H,8-9,11-13,15H2,1H3,(H,31,36)(H,32,37)/t23-,25+,26-,27+,30+/m0/s1. The van der Waals surface area contributed by atoms with Gasteiger partial charge in [0, 0.05) is 23.6 Å². The number of phenolic OH excluding ortho intramolecular Hbond substituents is 1. The van der Waals surface area contributed by atoms with Gasteiger partial charge in [-0.1, -0.05) is 30.3 Å². The van der Waals surface area contributed by atoms with Crippen LogP contribution < -0.4 is 10.9 Å². The monoisotopic (exact) mass is 497 g/mol. The molecule has 1 aliphatic heterocycles. The van der Waals surface area contributed by atoms with E-state index in [0.717, 1.165) is 48.2 Å². The summed E-state index contributed by atoms with van der Waals surface area (Å²) < 4.78 is 0. The number of carbonyl (C=O) groups excluding carboxylic acids is 1. The number of nitrogens with zero attached hydrogens (tertiary/aromatic N) is 1. The molecule has 5 atom stereocenters. The molecule has 3 aliphatic carbocycles. The Morgan fingerprint density at radius 1 is 1.08 bits per heavy atom. The quantitative estimate of drug-likeness (QED) is 0.435. The molecule has 3 aromatic rings. The molecule has 0 radical (unpaired) electrons. The Morgan fingerprint density at radius 2 is 1.92 bits per heavy atom. The highest BCUT2D eigenvalue weighted by Gasteiger charge is 2.54. The van der Waals surface area contributed by atoms with Gasteiger partial charge in [-0.25, -0.2) is 0 Å². The van der Waals surface area contributed by atoms with E-state index < -0.39 is 23.6 Å². The van der Waals surface area contributed by atoms with E-state index in [9.17, 15) is 19.8 Å². The Balaban J connectivity index is 1.25. The number of pyridine rings is 1. The number of fused-ring (bicyclic) bond motifs is 3. The minimum atomic E-state index is -0.716. The molecule has 2 heterocycles. The normalized spacial score (nSPS) is 29.6. The van der Waals surface area contributed by atoms with Gasteiger partial charge in [0.05, 0.1) is 12.1 Å². The summed E-state index contributed by atoms with van der Waals surface area (Å²) in [6.07, 6.45) is 3.13. The van der Waals surface area contributed by atoms with Gasteiger partial charge in [-0.05, 0) is 91.2 Å². The number of H-pyrrole nitrogens is 1. The van der Waals surface area contributed by atoms with Gasteiger partial charge < -0.3 is 25.4 Å². The van der Waals surface area contributed by atoms with Gasteiger partial charge in [0.15, 0.2) is 0 Å². The second kappa shape index (κ2) is 8.04. The molecule has 7 rings (SSSR count). The van der Waals surface area contributed by atoms with Crippen LogP contribution in [0.3, 0.4) is 0 Å². The maximum absolute atomic E-state index is 13.3. The Hall–Kier alpha value is -3.42. The highest BCUT2D eigenvalue weighted by molar-refractivity contribution is 5.94. The van der Waals surface area contributed by atoms with Crippen molar-refractivity contribution in [2.75, 3.05) is 13.6 Å². The lowest BCUT2D eigenvalue weighted by Crippen LogP contribution is -2.61. The number of likely N-dealkylation sites (tertiary alicyclic amines) is 1. The van der Waals surface area contributed by atoms with E-state index in [4.69, 9.17) is 0 Å². The molecule has 1 aromatic heterocycles. The topological polar surface area (TPSA) is 106 Å². The number of likely N-dealkylation sites (N-methyl/N-ethyl adjacent to an activating group) is 1. The summed E-state index contributed by atoms with van der Waals surface area (Å²) in [5, 5.41) is 23.8. The van der Waals surface area contributed by atoms with Crippen LogP contribution in [-0.4, -0.2) is 51.7 Å². The molecule has 0 spiro atoms. The molecule has 7 nitrogen and oxygen atoms in total. The van der Waals surface area contributed by atoms with Crippen LogP contribution in [-0.2, 0) is 31.1 Å². The molecule has 0 unspecified atom stereocenters. The number of hydrogen-bond donors (Lipinski definition) is 4. The second-order valence-corrected chi connectivity index (χ2v) is 11.4. The zero-order valence-corrected chi connectivity index (χ0v) is 20.8. The van der Waals surface area contributed by atoms with Crippen LogP contribution in [0.2, 0.25) is 0 Å². The molecular formula is C30H31N3O4. The Bertz CT molecular complexity index is 1500. The van der Waals surface area contributed by atoms with E-state index in [-0.39, 0.29) is 16.7 Å². The number of benzene rings is 2. The fraction of sp³-hybridized carbons (Fsp3) is 0.400. The third-order valence-corrected chi connectivity index (χ3v) is 9.59. The summed E-state index contributed by atoms with van der Waals surface area (Å²) in [4.78, 5) is 32.0. The molecule has 2 aromatic carbocycles. The van der Waals surface area contributed by atoms with Crippen molar-refractivity contribution < 1.29 is 15.0 Å². The summed E-state index contributed by atoms with van der Waals surface area (Å²) in [6.45, 7) is 0.974. The average molecular weight is 498 g/mol. The first-order valence-corrected chi connectivity index (χ1v) is 13.2. The predicted octanol–water partition coefficient (Wildman–Crippen LogP) is 2.38. The number of aromatic nitrogens is 1. The molecular weight excluding hydrogens is 466 g/mol. The van der Waals surface area contributed by atoms with Crippen molar-refractivity contribution in [3.63, 3.8) is 0 Å². The van der Waals surface area contributed by atoms with Crippen LogP contribution >= 0.6 is 0 Å². The number of nitrogens with one attached hydrogen (secondary N) is 2. The summed E-state index contributed by atoms with van der Waals surface area (Å²) >= 11 is 0. The first-order valence-electron chi connectivity index (χ1n) is 13.2. The highest BCUT2D eigenvalue weighted by Crippen LogP contribution is 2.54. The van der Waals surface area contributed by atoms with E-state index in [1.807, 2.05) is 30.3 Å². The minimum Gasteiger partial charge on any atom is -0.508 e. The lowest BCUT2D eigenvalue weighted by atomic mass is 9.52. The van der Waals surface area contributed by atoms with Crippen molar-refractivity contribution >= 4 is 5.91 Å². The van der Waals surface area contributed by atoms with E-state index >= 15 is 0 Å². The minimum absolute atomic E-state index is 0.0960. The smallest absolute Gasteiger partial charge is 0.261 e. The Kier molecular flexibility index (Phi) is 4.94. The number of piperidine rings is 1. The number of phenols is 1. The number of aromatic hydroxyl groups is 1. The molecule has 190 valence electrons. The molecule has 1 fully saturated rings. The average Bonchev–Trinajstić information content (AvgIpc) is 3.19. The lowest BCUT2D eigenvalue weighted by molar-refractivity contribution is 0.0233. The van der Waals surface area contributed by atoms with Gasteiger partial charge >= 0.3 is 0 Å². The number of carbonyl (C=O) groups is 1. The summed E-state index contributed by atoms with van der Waals surface area (Å²) in [7, 11) is 2.19. The largest absolute Gasteiger partial charge is 0.508 e. The van der Waals surface area contributed by atoms with Crippen molar-refractivity contribution in [2.24, 2.45) is 5.92 Å². The number of hydrogen-bond acceptors (Lipinski definition) is 5. The van der Waals surface area contributed by atoms with Crippen molar-refractivity contribution in [3.8, 4) is 5.75 Å². The molecule has 4 N–H and O–H groups in total. The van der Waals surface area contributed by atoms with Crippen LogP contribution in [0.25, 0.3) is 0 Å². The summed E-state index contributed by atoms with van der Waals surface area (Å²) in [6, 6.07) is 15.1. The van der Waals surface area contributed by atoms with Crippen LogP contribution in [0.4, 0.5) is 0 Å². The van der Waals surface area contributed by atoms with Gasteiger partial charge in [-0.3, -0.25) is 9.59 Å². The number of amides is 1. The van der Waals surface area contributed by atoms with E-state index in [0.29, 0.717) is 24.8 Å². The first kappa shape index (κ1) is 22.8. The van der Waals surface area contributed by atoms with E-state index in [2.05, 4.69) is 28.3 Å². The zero-order chi connectivity index (χ0) is 25.5. The van der Waals surface area contributed by atoms with E-state index in [1.165, 1.54) is 11.1 Å². The predicted molar refractivity (Wildman–Crippen MR) is 139 cm³/mol. The summed E-state index contributed by atoms with van der Waals surface area (Å²) in [5.74, 6) is 0.158. The van der Waals surface area contributed by atoms with Crippen molar-refractivity contribution in [1.29, 1.82) is 0 Å².